The summed E-state index contributed by atoms with van der Waals surface area (Å²) in [5, 5.41) is 12.1. The van der Waals surface area contributed by atoms with Gasteiger partial charge in [-0.15, -0.1) is 0 Å². The summed E-state index contributed by atoms with van der Waals surface area (Å²) in [6.45, 7) is 7.07. The molecule has 1 unspecified atom stereocenters. The largest absolute Gasteiger partial charge is 0.493 e. The van der Waals surface area contributed by atoms with Crippen LogP contribution in [-0.2, 0) is 32.0 Å². The third-order valence-corrected chi connectivity index (χ3v) is 9.56. The van der Waals surface area contributed by atoms with E-state index in [4.69, 9.17) is 4.74 Å². The van der Waals surface area contributed by atoms with Crippen LogP contribution in [0, 0.1) is 11.8 Å². The second-order valence-corrected chi connectivity index (χ2v) is 13.0. The highest BCUT2D eigenvalue weighted by molar-refractivity contribution is 5.90. The summed E-state index contributed by atoms with van der Waals surface area (Å²) in [6, 6.07) is 12.2. The number of quaternary nitrogens is 1. The van der Waals surface area contributed by atoms with Gasteiger partial charge in [0.05, 0.1) is 25.1 Å². The molecule has 0 bridgehead atoms. The third-order valence-electron chi connectivity index (χ3n) is 9.56. The maximum absolute atomic E-state index is 13.9. The first-order valence-corrected chi connectivity index (χ1v) is 17.7. The molecule has 48 heavy (non-hydrogen) atoms. The van der Waals surface area contributed by atoms with Crippen molar-refractivity contribution in [1.82, 2.24) is 21.3 Å². The van der Waals surface area contributed by atoms with Crippen LogP contribution in [0.25, 0.3) is 6.08 Å². The zero-order valence-corrected chi connectivity index (χ0v) is 28.8. The van der Waals surface area contributed by atoms with E-state index < -0.39 is 18.0 Å². The molecule has 260 valence electrons. The van der Waals surface area contributed by atoms with E-state index in [1.54, 1.807) is 6.92 Å². The Labute approximate surface area is 285 Å². The Bertz CT molecular complexity index is 1440. The van der Waals surface area contributed by atoms with Gasteiger partial charge in [-0.3, -0.25) is 19.2 Å². The van der Waals surface area contributed by atoms with Gasteiger partial charge in [-0.25, -0.2) is 0 Å². The van der Waals surface area contributed by atoms with Gasteiger partial charge in [0, 0.05) is 31.4 Å². The molecule has 0 radical (unpaired) electrons. The van der Waals surface area contributed by atoms with Crippen LogP contribution >= 0.6 is 0 Å². The molecule has 0 saturated carbocycles. The Morgan fingerprint density at radius 1 is 0.979 bits per heavy atom. The summed E-state index contributed by atoms with van der Waals surface area (Å²) in [5.74, 6) is -0.921. The first kappa shape index (κ1) is 36.7. The predicted molar refractivity (Wildman–Crippen MR) is 187 cm³/mol. The number of fused-ring (bicyclic) bond motifs is 2. The molecule has 7 N–H and O–H groups in total. The standard InChI is InChI=1S/C38H53N5O5/c1-4-25(3)30(24-40-37(46)33(41-35(44)5-2)23-26-17-18-27-12-6-7-13-28(27)22-26)36(45)43-32(15-10-11-20-39)38(47)42-31-19-21-48-34-16-9-8-14-29(31)34/h6,8-9,12,14,16-18,22,25,30-33H,4-5,7,10-11,13,15,19-21,23-24,39H2,1-3H3,(H,40,46)(H,41,44)(H,42,47)(H,43,45)/p+1/t25-,30?,31+,32-,33-/m0/s1. The Hall–Kier alpha value is -4.18. The van der Waals surface area contributed by atoms with Crippen molar-refractivity contribution in [2.75, 3.05) is 19.7 Å². The van der Waals surface area contributed by atoms with Gasteiger partial charge in [-0.05, 0) is 60.8 Å². The number of amides is 4. The second kappa shape index (κ2) is 18.4. The van der Waals surface area contributed by atoms with Crippen molar-refractivity contribution in [2.24, 2.45) is 11.8 Å². The van der Waals surface area contributed by atoms with Crippen LogP contribution in [-0.4, -0.2) is 55.4 Å². The number of hydrogen-bond acceptors (Lipinski definition) is 5. The fourth-order valence-electron chi connectivity index (χ4n) is 6.36. The van der Waals surface area contributed by atoms with Gasteiger partial charge in [-0.2, -0.15) is 0 Å². The Morgan fingerprint density at radius 3 is 2.56 bits per heavy atom. The van der Waals surface area contributed by atoms with Crippen LogP contribution in [0.2, 0.25) is 0 Å². The molecule has 1 heterocycles. The molecule has 0 aromatic heterocycles. The van der Waals surface area contributed by atoms with Crippen LogP contribution in [0.3, 0.4) is 0 Å². The summed E-state index contributed by atoms with van der Waals surface area (Å²) in [4.78, 5) is 53.6. The minimum absolute atomic E-state index is 0.0615. The Morgan fingerprint density at radius 2 is 1.79 bits per heavy atom. The lowest BCUT2D eigenvalue weighted by molar-refractivity contribution is -0.368. The topological polar surface area (TPSA) is 153 Å². The number of allylic oxidation sites excluding steroid dienone is 1. The van der Waals surface area contributed by atoms with Crippen molar-refractivity contribution < 1.29 is 29.6 Å². The average molecular weight is 661 g/mol. The van der Waals surface area contributed by atoms with E-state index >= 15 is 0 Å². The molecule has 0 saturated heterocycles. The molecular formula is C38H54N5O5+. The smallest absolute Gasteiger partial charge is 0.243 e. The van der Waals surface area contributed by atoms with Crippen molar-refractivity contribution >= 4 is 29.7 Å². The zero-order valence-electron chi connectivity index (χ0n) is 28.8. The fourth-order valence-corrected chi connectivity index (χ4v) is 6.36. The molecule has 2 aromatic rings. The monoisotopic (exact) mass is 660 g/mol. The number of carbonyl (C=O) groups excluding carboxylic acids is 4. The minimum atomic E-state index is -0.779. The molecule has 1 aliphatic heterocycles. The number of carbonyl (C=O) groups is 4. The van der Waals surface area contributed by atoms with E-state index in [0.29, 0.717) is 32.3 Å². The van der Waals surface area contributed by atoms with Crippen molar-refractivity contribution in [1.29, 1.82) is 0 Å². The Balaban J connectivity index is 1.44. The van der Waals surface area contributed by atoms with Crippen LogP contribution in [0.5, 0.6) is 5.75 Å². The van der Waals surface area contributed by atoms with Gasteiger partial charge in [0.1, 0.15) is 17.8 Å². The number of para-hydroxylation sites is 1. The second-order valence-electron chi connectivity index (χ2n) is 13.0. The third kappa shape index (κ3) is 10.2. The molecule has 1 aliphatic carbocycles. The SMILES string of the molecule is CCC(=O)N[C@@H](Cc1ccc2c(c1)CCC=C2)C(=O)NCC(C(=O)N[C@@H](CCCC[NH3+])C(=O)N[C@@H]1CCOc2ccccc21)[C@@H](C)CC. The number of ether oxygens (including phenoxy) is 1. The Kier molecular flexibility index (Phi) is 14.0. The van der Waals surface area contributed by atoms with Crippen LogP contribution in [0.4, 0.5) is 0 Å². The van der Waals surface area contributed by atoms with Crippen molar-refractivity contribution in [3.8, 4) is 5.75 Å². The highest BCUT2D eigenvalue weighted by atomic mass is 16.5. The maximum atomic E-state index is 13.9. The van der Waals surface area contributed by atoms with Crippen LogP contribution in [0.15, 0.2) is 48.5 Å². The van der Waals surface area contributed by atoms with Gasteiger partial charge in [-0.1, -0.05) is 75.7 Å². The molecule has 0 fully saturated rings. The van der Waals surface area contributed by atoms with Gasteiger partial charge >= 0.3 is 0 Å². The molecule has 4 amide bonds. The number of nitrogens with one attached hydrogen (secondary N) is 4. The van der Waals surface area contributed by atoms with Gasteiger partial charge in [0.2, 0.25) is 23.6 Å². The lowest BCUT2D eigenvalue weighted by Crippen LogP contribution is -2.53. The summed E-state index contributed by atoms with van der Waals surface area (Å²) in [6.07, 6.45) is 10.2. The molecule has 2 aromatic carbocycles. The number of hydrogen-bond donors (Lipinski definition) is 5. The van der Waals surface area contributed by atoms with E-state index in [2.05, 4.69) is 51.3 Å². The van der Waals surface area contributed by atoms with E-state index in [9.17, 15) is 19.2 Å². The first-order chi connectivity index (χ1) is 23.2. The van der Waals surface area contributed by atoms with E-state index in [-0.39, 0.29) is 48.6 Å². The first-order valence-electron chi connectivity index (χ1n) is 17.7. The zero-order chi connectivity index (χ0) is 34.5. The highest BCUT2D eigenvalue weighted by Crippen LogP contribution is 2.31. The average Bonchev–Trinajstić information content (AvgIpc) is 3.10. The molecular weight excluding hydrogens is 606 g/mol. The van der Waals surface area contributed by atoms with Crippen molar-refractivity contribution in [2.45, 2.75) is 96.7 Å². The molecule has 10 heteroatoms. The van der Waals surface area contributed by atoms with E-state index in [0.717, 1.165) is 49.1 Å². The van der Waals surface area contributed by atoms with Gasteiger partial charge in [0.25, 0.3) is 0 Å². The van der Waals surface area contributed by atoms with Gasteiger partial charge in [0.15, 0.2) is 0 Å². The summed E-state index contributed by atoms with van der Waals surface area (Å²) in [7, 11) is 0. The normalized spacial score (nSPS) is 17.4. The maximum Gasteiger partial charge on any atom is 0.243 e. The highest BCUT2D eigenvalue weighted by Gasteiger charge is 2.32. The van der Waals surface area contributed by atoms with E-state index in [1.165, 1.54) is 11.1 Å². The van der Waals surface area contributed by atoms with Crippen molar-refractivity contribution in [3.05, 3.63) is 70.8 Å². The number of unbranched alkanes of at least 4 members (excludes halogenated alkanes) is 1. The lowest BCUT2D eigenvalue weighted by atomic mass is 9.90. The molecule has 5 atom stereocenters. The number of benzene rings is 2. The van der Waals surface area contributed by atoms with E-state index in [1.807, 2.05) is 44.2 Å². The quantitative estimate of drug-likeness (QED) is 0.165. The summed E-state index contributed by atoms with van der Waals surface area (Å²) < 4.78 is 5.77. The molecule has 10 nitrogen and oxygen atoms in total. The number of aryl methyl sites for hydroxylation is 1. The lowest BCUT2D eigenvalue weighted by Gasteiger charge is -2.30. The number of rotatable bonds is 17. The minimum Gasteiger partial charge on any atom is -0.493 e. The van der Waals surface area contributed by atoms with Crippen LogP contribution < -0.4 is 31.7 Å². The predicted octanol–water partition coefficient (Wildman–Crippen LogP) is 3.40. The molecule has 4 rings (SSSR count). The van der Waals surface area contributed by atoms with Crippen molar-refractivity contribution in [3.63, 3.8) is 0 Å². The molecule has 0 spiro atoms. The fraction of sp³-hybridized carbons (Fsp3) is 0.526. The molecule has 2 aliphatic rings. The van der Waals surface area contributed by atoms with Crippen LogP contribution in [0.1, 0.15) is 94.0 Å². The van der Waals surface area contributed by atoms with Gasteiger partial charge < -0.3 is 31.7 Å². The summed E-state index contributed by atoms with van der Waals surface area (Å²) in [5.41, 5.74) is 8.24. The summed E-state index contributed by atoms with van der Waals surface area (Å²) >= 11 is 0.